The van der Waals surface area contributed by atoms with Gasteiger partial charge < -0.3 is 5.73 Å². The summed E-state index contributed by atoms with van der Waals surface area (Å²) in [6, 6.07) is 11.6. The van der Waals surface area contributed by atoms with E-state index in [4.69, 9.17) is 18.0 Å². The molecule has 0 aliphatic rings. The zero-order chi connectivity index (χ0) is 15.6. The van der Waals surface area contributed by atoms with Crippen LogP contribution in [0.4, 0.5) is 5.69 Å². The molecular formula is C14H13BrN2O2S2. The van der Waals surface area contributed by atoms with Crippen LogP contribution in [0, 0.1) is 6.92 Å². The molecule has 3 N–H and O–H groups in total. The Morgan fingerprint density at radius 3 is 2.57 bits per heavy atom. The molecule has 0 aliphatic heterocycles. The second-order valence-electron chi connectivity index (χ2n) is 4.51. The summed E-state index contributed by atoms with van der Waals surface area (Å²) in [4.78, 5) is 0.274. The first-order chi connectivity index (χ1) is 9.78. The second-order valence-corrected chi connectivity index (χ2v) is 7.55. The summed E-state index contributed by atoms with van der Waals surface area (Å²) < 4.78 is 28.1. The molecule has 0 heterocycles. The Morgan fingerprint density at radius 1 is 1.24 bits per heavy atom. The zero-order valence-corrected chi connectivity index (χ0v) is 14.3. The number of anilines is 1. The number of halogens is 1. The third kappa shape index (κ3) is 4.03. The summed E-state index contributed by atoms with van der Waals surface area (Å²) in [7, 11) is -3.69. The lowest BCUT2D eigenvalue weighted by atomic mass is 10.2. The fourth-order valence-corrected chi connectivity index (χ4v) is 3.65. The largest absolute Gasteiger partial charge is 0.389 e. The van der Waals surface area contributed by atoms with Gasteiger partial charge in [0.2, 0.25) is 0 Å². The van der Waals surface area contributed by atoms with E-state index in [0.717, 1.165) is 10.0 Å². The van der Waals surface area contributed by atoms with Crippen LogP contribution >= 0.6 is 28.1 Å². The highest BCUT2D eigenvalue weighted by atomic mass is 79.9. The molecule has 7 heteroatoms. The molecule has 2 aromatic carbocycles. The summed E-state index contributed by atoms with van der Waals surface area (Å²) in [6.45, 7) is 1.88. The topological polar surface area (TPSA) is 72.2 Å². The Labute approximate surface area is 137 Å². The molecule has 0 atom stereocenters. The monoisotopic (exact) mass is 384 g/mol. The van der Waals surface area contributed by atoms with E-state index < -0.39 is 10.0 Å². The van der Waals surface area contributed by atoms with Crippen molar-refractivity contribution in [1.29, 1.82) is 0 Å². The van der Waals surface area contributed by atoms with Crippen molar-refractivity contribution in [1.82, 2.24) is 0 Å². The standard InChI is InChI=1S/C14H13BrN2O2S2/c1-9-5-11(15)8-12(6-9)17-21(18,19)13-4-2-3-10(7-13)14(16)20/h2-8,17H,1H3,(H2,16,20). The summed E-state index contributed by atoms with van der Waals surface area (Å²) in [5.74, 6) is 0. The maximum absolute atomic E-state index is 12.4. The number of aryl methyl sites for hydroxylation is 1. The van der Waals surface area contributed by atoms with Gasteiger partial charge in [-0.05, 0) is 42.8 Å². The number of thiocarbonyl (C=S) groups is 1. The third-order valence-corrected chi connectivity index (χ3v) is 4.80. The first-order valence-corrected chi connectivity index (χ1v) is 8.66. The number of hydrogen-bond donors (Lipinski definition) is 2. The van der Waals surface area contributed by atoms with Crippen LogP contribution in [0.1, 0.15) is 11.1 Å². The number of rotatable bonds is 4. The molecule has 0 saturated heterocycles. The van der Waals surface area contributed by atoms with Gasteiger partial charge in [-0.15, -0.1) is 0 Å². The van der Waals surface area contributed by atoms with Crippen LogP contribution in [-0.4, -0.2) is 13.4 Å². The van der Waals surface area contributed by atoms with Gasteiger partial charge in [-0.1, -0.05) is 40.3 Å². The highest BCUT2D eigenvalue weighted by Gasteiger charge is 2.15. The number of hydrogen-bond acceptors (Lipinski definition) is 3. The molecule has 0 fully saturated rings. The fraction of sp³-hybridized carbons (Fsp3) is 0.0714. The Morgan fingerprint density at radius 2 is 1.95 bits per heavy atom. The van der Waals surface area contributed by atoms with Crippen molar-refractivity contribution in [2.45, 2.75) is 11.8 Å². The minimum Gasteiger partial charge on any atom is -0.389 e. The predicted molar refractivity (Wildman–Crippen MR) is 92.0 cm³/mol. The molecule has 2 rings (SSSR count). The molecule has 4 nitrogen and oxygen atoms in total. The number of nitrogens with one attached hydrogen (secondary N) is 1. The quantitative estimate of drug-likeness (QED) is 0.793. The van der Waals surface area contributed by atoms with Crippen molar-refractivity contribution >= 4 is 48.8 Å². The summed E-state index contributed by atoms with van der Waals surface area (Å²) in [6.07, 6.45) is 0. The van der Waals surface area contributed by atoms with Gasteiger partial charge in [0.1, 0.15) is 4.99 Å². The average Bonchev–Trinajstić information content (AvgIpc) is 2.37. The molecule has 21 heavy (non-hydrogen) atoms. The average molecular weight is 385 g/mol. The number of sulfonamides is 1. The van der Waals surface area contributed by atoms with Crippen molar-refractivity contribution in [2.75, 3.05) is 4.72 Å². The van der Waals surface area contributed by atoms with Gasteiger partial charge in [0.15, 0.2) is 0 Å². The molecule has 0 spiro atoms. The molecule has 0 bridgehead atoms. The molecule has 0 aromatic heterocycles. The lowest BCUT2D eigenvalue weighted by Gasteiger charge is -2.10. The Hall–Kier alpha value is -1.44. The van der Waals surface area contributed by atoms with E-state index in [0.29, 0.717) is 11.3 Å². The van der Waals surface area contributed by atoms with Crippen LogP contribution in [0.3, 0.4) is 0 Å². The minimum atomic E-state index is -3.69. The van der Waals surface area contributed by atoms with Crippen LogP contribution in [0.15, 0.2) is 51.8 Å². The summed E-state index contributed by atoms with van der Waals surface area (Å²) >= 11 is 8.20. The van der Waals surface area contributed by atoms with Crippen LogP contribution in [0.25, 0.3) is 0 Å². The molecular weight excluding hydrogens is 372 g/mol. The molecule has 2 aromatic rings. The third-order valence-electron chi connectivity index (χ3n) is 2.72. The van der Waals surface area contributed by atoms with E-state index in [1.165, 1.54) is 12.1 Å². The van der Waals surface area contributed by atoms with Gasteiger partial charge in [0.25, 0.3) is 10.0 Å². The van der Waals surface area contributed by atoms with E-state index in [1.807, 2.05) is 13.0 Å². The lowest BCUT2D eigenvalue weighted by molar-refractivity contribution is 0.601. The number of benzene rings is 2. The van der Waals surface area contributed by atoms with Gasteiger partial charge in [-0.25, -0.2) is 8.42 Å². The van der Waals surface area contributed by atoms with E-state index in [9.17, 15) is 8.42 Å². The van der Waals surface area contributed by atoms with Crippen molar-refractivity contribution in [3.05, 3.63) is 58.1 Å². The van der Waals surface area contributed by atoms with E-state index >= 15 is 0 Å². The molecule has 0 amide bonds. The van der Waals surface area contributed by atoms with Crippen molar-refractivity contribution in [2.24, 2.45) is 5.73 Å². The predicted octanol–water partition coefficient (Wildman–Crippen LogP) is 3.19. The second kappa shape index (κ2) is 6.13. The van der Waals surface area contributed by atoms with E-state index in [2.05, 4.69) is 20.7 Å². The van der Waals surface area contributed by atoms with Gasteiger partial charge in [0.05, 0.1) is 10.6 Å². The molecule has 0 aliphatic carbocycles. The SMILES string of the molecule is Cc1cc(Br)cc(NS(=O)(=O)c2cccc(C(N)=S)c2)c1. The summed E-state index contributed by atoms with van der Waals surface area (Å²) in [5.41, 5.74) is 7.47. The van der Waals surface area contributed by atoms with E-state index in [1.54, 1.807) is 24.3 Å². The zero-order valence-electron chi connectivity index (χ0n) is 11.1. The van der Waals surface area contributed by atoms with Crippen molar-refractivity contribution in [3.63, 3.8) is 0 Å². The first-order valence-electron chi connectivity index (χ1n) is 5.98. The van der Waals surface area contributed by atoms with Crippen molar-refractivity contribution in [3.8, 4) is 0 Å². The van der Waals surface area contributed by atoms with Gasteiger partial charge in [0, 0.05) is 10.0 Å². The van der Waals surface area contributed by atoms with E-state index in [-0.39, 0.29) is 9.88 Å². The normalized spacial score (nSPS) is 11.1. The van der Waals surface area contributed by atoms with Gasteiger partial charge in [-0.3, -0.25) is 4.72 Å². The smallest absolute Gasteiger partial charge is 0.261 e. The van der Waals surface area contributed by atoms with Crippen molar-refractivity contribution < 1.29 is 8.42 Å². The van der Waals surface area contributed by atoms with Crippen LogP contribution in [0.2, 0.25) is 0 Å². The Kier molecular flexibility index (Phi) is 4.65. The molecule has 0 unspecified atom stereocenters. The molecule has 110 valence electrons. The molecule has 0 radical (unpaired) electrons. The summed E-state index contributed by atoms with van der Waals surface area (Å²) in [5, 5.41) is 0. The van der Waals surface area contributed by atoms with Crippen LogP contribution in [0.5, 0.6) is 0 Å². The highest BCUT2D eigenvalue weighted by molar-refractivity contribution is 9.10. The van der Waals surface area contributed by atoms with Gasteiger partial charge >= 0.3 is 0 Å². The maximum Gasteiger partial charge on any atom is 0.261 e. The Bertz CT molecular complexity index is 784. The maximum atomic E-state index is 12.4. The Balaban J connectivity index is 2.38. The number of nitrogens with two attached hydrogens (primary N) is 1. The lowest BCUT2D eigenvalue weighted by Crippen LogP contribution is -2.15. The van der Waals surface area contributed by atoms with Crippen LogP contribution in [-0.2, 0) is 10.0 Å². The highest BCUT2D eigenvalue weighted by Crippen LogP contribution is 2.22. The van der Waals surface area contributed by atoms with Crippen LogP contribution < -0.4 is 10.5 Å². The first kappa shape index (κ1) is 15.9. The minimum absolute atomic E-state index is 0.116. The molecule has 0 saturated carbocycles. The fourth-order valence-electron chi connectivity index (χ4n) is 1.83. The van der Waals surface area contributed by atoms with Gasteiger partial charge in [-0.2, -0.15) is 0 Å².